The average Bonchev–Trinajstić information content (AvgIpc) is 2.54. The molecule has 0 heterocycles. The van der Waals surface area contributed by atoms with E-state index < -0.39 is 10.4 Å². The summed E-state index contributed by atoms with van der Waals surface area (Å²) in [6, 6.07) is 0. The molecule has 4 N–H and O–H groups in total. The van der Waals surface area contributed by atoms with E-state index in [-0.39, 0.29) is 26.4 Å². The molecule has 0 bridgehead atoms. The smallest absolute Gasteiger partial charge is 0.397 e. The van der Waals surface area contributed by atoms with E-state index in [0.29, 0.717) is 6.42 Å². The average molecular weight is 405 g/mol. The molecule has 26 heavy (non-hydrogen) atoms. The van der Waals surface area contributed by atoms with Gasteiger partial charge in [-0.1, -0.05) is 64.7 Å². The molecule has 8 heteroatoms. The number of unbranched alkanes of at least 4 members (excludes halogenated alkanes) is 9. The minimum absolute atomic E-state index is 0.0926. The first-order valence-electron chi connectivity index (χ1n) is 9.75. The van der Waals surface area contributed by atoms with Crippen molar-refractivity contribution in [1.82, 2.24) is 0 Å². The van der Waals surface area contributed by atoms with E-state index in [1.54, 1.807) is 20.8 Å². The quantitative estimate of drug-likeness (QED) is 0.288. The third-order valence-electron chi connectivity index (χ3n) is 2.73. The van der Waals surface area contributed by atoms with E-state index >= 15 is 0 Å². The van der Waals surface area contributed by atoms with E-state index in [9.17, 15) is 8.42 Å². The Balaban J connectivity index is -0.000000224. The highest BCUT2D eigenvalue weighted by atomic mass is 32.3. The Bertz CT molecular complexity index is 291. The maximum absolute atomic E-state index is 10.2. The van der Waals surface area contributed by atoms with Crippen LogP contribution in [0.2, 0.25) is 0 Å². The van der Waals surface area contributed by atoms with E-state index in [4.69, 9.17) is 19.9 Å². The van der Waals surface area contributed by atoms with Crippen LogP contribution in [-0.4, -0.2) is 54.7 Å². The lowest BCUT2D eigenvalue weighted by atomic mass is 10.1. The number of aliphatic hydroxyl groups is 3. The van der Waals surface area contributed by atoms with Crippen LogP contribution >= 0.6 is 0 Å². The summed E-state index contributed by atoms with van der Waals surface area (Å²) in [5, 5.41) is 22.7. The minimum atomic E-state index is -4.23. The normalized spacial score (nSPS) is 9.85. The first-order chi connectivity index (χ1) is 12.3. The van der Waals surface area contributed by atoms with Gasteiger partial charge in [0.15, 0.2) is 0 Å². The third-order valence-corrected chi connectivity index (χ3v) is 3.19. The fourth-order valence-corrected chi connectivity index (χ4v) is 2.08. The first kappa shape index (κ1) is 33.3. The molecule has 0 rings (SSSR count). The molecule has 164 valence electrons. The highest BCUT2D eigenvalue weighted by molar-refractivity contribution is 7.80. The van der Waals surface area contributed by atoms with E-state index in [0.717, 1.165) is 12.8 Å². The summed E-state index contributed by atoms with van der Waals surface area (Å²) >= 11 is 0. The molecule has 0 fully saturated rings. The van der Waals surface area contributed by atoms with Crippen molar-refractivity contribution in [3.8, 4) is 0 Å². The number of hydrogen-bond donors (Lipinski definition) is 4. The predicted octanol–water partition coefficient (Wildman–Crippen LogP) is 3.72. The van der Waals surface area contributed by atoms with Crippen LogP contribution in [0.5, 0.6) is 0 Å². The van der Waals surface area contributed by atoms with Crippen molar-refractivity contribution in [2.45, 2.75) is 91.9 Å². The van der Waals surface area contributed by atoms with Crippen molar-refractivity contribution < 1.29 is 32.5 Å². The molecule has 0 radical (unpaired) electrons. The highest BCUT2D eigenvalue weighted by Gasteiger charge is 2.02. The largest absolute Gasteiger partial charge is 0.397 e. The van der Waals surface area contributed by atoms with Crippen LogP contribution in [0.15, 0.2) is 0 Å². The lowest BCUT2D eigenvalue weighted by molar-refractivity contribution is 0.261. The summed E-state index contributed by atoms with van der Waals surface area (Å²) in [6.45, 7) is 8.10. The molecular formula is C18H44O7S. The predicted molar refractivity (Wildman–Crippen MR) is 108 cm³/mol. The van der Waals surface area contributed by atoms with Gasteiger partial charge in [-0.15, -0.1) is 0 Å². The zero-order chi connectivity index (χ0) is 21.1. The maximum atomic E-state index is 10.2. The molecule has 0 aromatic heterocycles. The molecule has 0 spiro atoms. The summed E-state index contributed by atoms with van der Waals surface area (Å²) in [7, 11) is -4.23. The number of aliphatic hydroxyl groups excluding tert-OH is 3. The van der Waals surface area contributed by atoms with Gasteiger partial charge in [0, 0.05) is 19.8 Å². The summed E-state index contributed by atoms with van der Waals surface area (Å²) < 4.78 is 33.0. The standard InChI is InChI=1S/C12H26O4S.3C2H6O/c1-2-3-4-5-6-7-8-9-10-11-12-16-17(13,14)15;3*1-2-3/h2-12H2,1H3,(H,13,14,15);3*3H,2H2,1H3. The molecular weight excluding hydrogens is 360 g/mol. The molecule has 0 aromatic rings. The molecule has 0 saturated carbocycles. The Labute approximate surface area is 161 Å². The van der Waals surface area contributed by atoms with Gasteiger partial charge in [-0.2, -0.15) is 8.42 Å². The van der Waals surface area contributed by atoms with Crippen LogP contribution in [0.3, 0.4) is 0 Å². The van der Waals surface area contributed by atoms with Gasteiger partial charge >= 0.3 is 10.4 Å². The van der Waals surface area contributed by atoms with Crippen LogP contribution in [-0.2, 0) is 14.6 Å². The van der Waals surface area contributed by atoms with Gasteiger partial charge in [0.05, 0.1) is 6.61 Å². The van der Waals surface area contributed by atoms with Crippen molar-refractivity contribution in [3.05, 3.63) is 0 Å². The van der Waals surface area contributed by atoms with Crippen LogP contribution in [0.1, 0.15) is 91.9 Å². The Kier molecular flexibility index (Phi) is 41.6. The molecule has 0 aliphatic carbocycles. The van der Waals surface area contributed by atoms with E-state index in [2.05, 4.69) is 11.1 Å². The van der Waals surface area contributed by atoms with Crippen LogP contribution in [0, 0.1) is 0 Å². The Morgan fingerprint density at radius 2 is 0.885 bits per heavy atom. The van der Waals surface area contributed by atoms with Crippen molar-refractivity contribution in [2.75, 3.05) is 26.4 Å². The Morgan fingerprint density at radius 1 is 0.615 bits per heavy atom. The first-order valence-corrected chi connectivity index (χ1v) is 11.1. The molecule has 0 aromatic carbocycles. The summed E-state index contributed by atoms with van der Waals surface area (Å²) in [4.78, 5) is 0. The second-order valence-corrected chi connectivity index (χ2v) is 6.47. The Hall–Kier alpha value is -0.250. The van der Waals surface area contributed by atoms with Gasteiger partial charge in [-0.3, -0.25) is 4.55 Å². The summed E-state index contributed by atoms with van der Waals surface area (Å²) in [5.41, 5.74) is 0. The second kappa shape index (κ2) is 32.4. The van der Waals surface area contributed by atoms with Crippen molar-refractivity contribution in [3.63, 3.8) is 0 Å². The molecule has 0 aliphatic rings. The zero-order valence-corrected chi connectivity index (χ0v) is 18.1. The monoisotopic (exact) mass is 404 g/mol. The number of rotatable bonds is 12. The topological polar surface area (TPSA) is 124 Å². The number of hydrogen-bond acceptors (Lipinski definition) is 6. The second-order valence-electron chi connectivity index (χ2n) is 5.38. The lowest BCUT2D eigenvalue weighted by Gasteiger charge is -2.02. The Morgan fingerprint density at radius 3 is 1.15 bits per heavy atom. The molecule has 0 aliphatic heterocycles. The summed E-state index contributed by atoms with van der Waals surface area (Å²) in [6.07, 6.45) is 11.9. The highest BCUT2D eigenvalue weighted by Crippen LogP contribution is 2.10. The van der Waals surface area contributed by atoms with Crippen molar-refractivity contribution in [2.24, 2.45) is 0 Å². The van der Waals surface area contributed by atoms with Crippen molar-refractivity contribution >= 4 is 10.4 Å². The minimum Gasteiger partial charge on any atom is -0.397 e. The molecule has 7 nitrogen and oxygen atoms in total. The third kappa shape index (κ3) is 65.0. The molecule has 0 unspecified atom stereocenters. The fourth-order valence-electron chi connectivity index (χ4n) is 1.75. The van der Waals surface area contributed by atoms with Gasteiger partial charge in [0.25, 0.3) is 0 Å². The van der Waals surface area contributed by atoms with Gasteiger partial charge < -0.3 is 15.3 Å². The maximum Gasteiger partial charge on any atom is 0.397 e. The van der Waals surface area contributed by atoms with E-state index in [1.165, 1.54) is 44.9 Å². The molecule has 0 atom stereocenters. The van der Waals surface area contributed by atoms with Crippen LogP contribution in [0.4, 0.5) is 0 Å². The molecule has 0 saturated heterocycles. The van der Waals surface area contributed by atoms with Gasteiger partial charge in [-0.25, -0.2) is 4.18 Å². The van der Waals surface area contributed by atoms with Crippen molar-refractivity contribution in [1.29, 1.82) is 0 Å². The van der Waals surface area contributed by atoms with Gasteiger partial charge in [-0.05, 0) is 27.2 Å². The summed E-state index contributed by atoms with van der Waals surface area (Å²) in [5.74, 6) is 0. The zero-order valence-electron chi connectivity index (χ0n) is 17.3. The van der Waals surface area contributed by atoms with Crippen LogP contribution < -0.4 is 0 Å². The SMILES string of the molecule is CCCCCCCCCCCCOS(=O)(=O)O.CCO.CCO.CCO. The van der Waals surface area contributed by atoms with Gasteiger partial charge in [0.1, 0.15) is 0 Å². The van der Waals surface area contributed by atoms with E-state index in [1.807, 2.05) is 0 Å². The fraction of sp³-hybridized carbons (Fsp3) is 1.00. The van der Waals surface area contributed by atoms with Crippen LogP contribution in [0.25, 0.3) is 0 Å². The molecule has 0 amide bonds. The lowest BCUT2D eigenvalue weighted by Crippen LogP contribution is -2.04. The van der Waals surface area contributed by atoms with Gasteiger partial charge in [0.2, 0.25) is 0 Å².